The van der Waals surface area contributed by atoms with Gasteiger partial charge in [0.2, 0.25) is 5.91 Å². The van der Waals surface area contributed by atoms with Crippen LogP contribution in [-0.4, -0.2) is 58.9 Å². The number of carbonyl (C=O) groups is 3. The molecule has 3 aromatic rings. The Morgan fingerprint density at radius 3 is 2.08 bits per heavy atom. The first kappa shape index (κ1) is 27.4. The summed E-state index contributed by atoms with van der Waals surface area (Å²) in [6.07, 6.45) is 1.46. The molecule has 0 aromatic heterocycles. The quantitative estimate of drug-likeness (QED) is 0.357. The van der Waals surface area contributed by atoms with E-state index in [2.05, 4.69) is 12.1 Å². The first-order valence-corrected chi connectivity index (χ1v) is 14.1. The van der Waals surface area contributed by atoms with Gasteiger partial charge in [0.25, 0.3) is 0 Å². The van der Waals surface area contributed by atoms with E-state index in [0.29, 0.717) is 13.1 Å². The highest BCUT2D eigenvalue weighted by molar-refractivity contribution is 5.97. The van der Waals surface area contributed by atoms with E-state index < -0.39 is 0 Å². The molecule has 0 radical (unpaired) electrons. The molecule has 7 heteroatoms. The van der Waals surface area contributed by atoms with E-state index >= 15 is 0 Å². The predicted octanol–water partition coefficient (Wildman–Crippen LogP) is 6.23. The van der Waals surface area contributed by atoms with Gasteiger partial charge in [0, 0.05) is 26.6 Å². The van der Waals surface area contributed by atoms with Gasteiger partial charge in [0.15, 0.2) is 0 Å². The summed E-state index contributed by atoms with van der Waals surface area (Å²) < 4.78 is 5.55. The second kappa shape index (κ2) is 12.4. The van der Waals surface area contributed by atoms with Crippen molar-refractivity contribution in [3.05, 3.63) is 108 Å². The molecule has 208 valence electrons. The van der Waals surface area contributed by atoms with Gasteiger partial charge >= 0.3 is 12.1 Å². The number of imide groups is 1. The number of likely N-dealkylation sites (tertiary alicyclic amines) is 1. The number of urea groups is 1. The number of carbonyl (C=O) groups excluding carboxylic acids is 3. The van der Waals surface area contributed by atoms with Crippen LogP contribution in [-0.2, 0) is 16.1 Å². The molecule has 0 spiro atoms. The number of rotatable bonds is 7. The van der Waals surface area contributed by atoms with Crippen LogP contribution in [0.5, 0.6) is 0 Å². The van der Waals surface area contributed by atoms with Crippen LogP contribution in [0.3, 0.4) is 0 Å². The molecule has 5 rings (SSSR count). The van der Waals surface area contributed by atoms with Gasteiger partial charge in [-0.25, -0.2) is 9.59 Å². The Labute approximate surface area is 236 Å². The van der Waals surface area contributed by atoms with Crippen LogP contribution < -0.4 is 0 Å². The van der Waals surface area contributed by atoms with E-state index in [1.807, 2.05) is 85.8 Å². The maximum atomic E-state index is 13.9. The molecule has 4 amide bonds. The zero-order valence-corrected chi connectivity index (χ0v) is 23.2. The number of likely N-dealkylation sites (N-methyl/N-ethyl adjacent to an activating group) is 1. The number of amides is 4. The summed E-state index contributed by atoms with van der Waals surface area (Å²) in [4.78, 5) is 44.9. The van der Waals surface area contributed by atoms with Gasteiger partial charge in [-0.2, -0.15) is 0 Å². The molecular formula is C33H37N3O4. The average Bonchev–Trinajstić information content (AvgIpc) is 3.24. The first-order chi connectivity index (χ1) is 19.4. The normalized spacial score (nSPS) is 20.4. The van der Waals surface area contributed by atoms with Gasteiger partial charge in [-0.3, -0.25) is 9.69 Å². The van der Waals surface area contributed by atoms with Crippen molar-refractivity contribution in [2.75, 3.05) is 20.1 Å². The molecule has 2 fully saturated rings. The molecule has 2 saturated heterocycles. The van der Waals surface area contributed by atoms with E-state index in [1.165, 1.54) is 4.90 Å². The summed E-state index contributed by atoms with van der Waals surface area (Å²) in [6.45, 7) is 3.39. The minimum absolute atomic E-state index is 0.0541. The highest BCUT2D eigenvalue weighted by Crippen LogP contribution is 2.39. The highest BCUT2D eigenvalue weighted by atomic mass is 16.6. The zero-order chi connectivity index (χ0) is 28.1. The van der Waals surface area contributed by atoms with Gasteiger partial charge in [0.1, 0.15) is 6.61 Å². The highest BCUT2D eigenvalue weighted by Gasteiger charge is 2.46. The molecule has 2 aliphatic heterocycles. The smallest absolute Gasteiger partial charge is 0.410 e. The lowest BCUT2D eigenvalue weighted by Crippen LogP contribution is -2.41. The number of nitrogens with zero attached hydrogens (tertiary/aromatic N) is 3. The summed E-state index contributed by atoms with van der Waals surface area (Å²) in [5, 5.41) is 0. The van der Waals surface area contributed by atoms with Crippen LogP contribution in [0.15, 0.2) is 91.0 Å². The Kier molecular flexibility index (Phi) is 8.48. The van der Waals surface area contributed by atoms with Crippen molar-refractivity contribution in [2.24, 2.45) is 5.92 Å². The number of benzene rings is 3. The van der Waals surface area contributed by atoms with Crippen LogP contribution >= 0.6 is 0 Å². The molecule has 3 atom stereocenters. The van der Waals surface area contributed by atoms with Crippen LogP contribution in [0.4, 0.5) is 9.59 Å². The van der Waals surface area contributed by atoms with Crippen molar-refractivity contribution in [2.45, 2.75) is 50.8 Å². The van der Waals surface area contributed by atoms with Crippen LogP contribution in [0, 0.1) is 5.92 Å². The lowest BCUT2D eigenvalue weighted by Gasteiger charge is -2.36. The molecule has 2 aliphatic rings. The summed E-state index contributed by atoms with van der Waals surface area (Å²) in [6, 6.07) is 28.8. The number of piperidine rings is 1. The van der Waals surface area contributed by atoms with E-state index in [1.54, 1.807) is 16.8 Å². The molecule has 40 heavy (non-hydrogen) atoms. The lowest BCUT2D eigenvalue weighted by molar-refractivity contribution is -0.130. The van der Waals surface area contributed by atoms with E-state index in [4.69, 9.17) is 4.74 Å². The fraction of sp³-hybridized carbons (Fsp3) is 0.364. The Hall–Kier alpha value is -4.13. The predicted molar refractivity (Wildman–Crippen MR) is 153 cm³/mol. The molecule has 0 aliphatic carbocycles. The molecule has 7 nitrogen and oxygen atoms in total. The molecule has 0 bridgehead atoms. The maximum absolute atomic E-state index is 13.9. The second-order valence-electron chi connectivity index (χ2n) is 10.8. The largest absolute Gasteiger partial charge is 0.445 e. The van der Waals surface area contributed by atoms with Crippen molar-refractivity contribution >= 4 is 18.0 Å². The fourth-order valence-corrected chi connectivity index (χ4v) is 6.07. The number of ether oxygens (including phenoxy) is 1. The summed E-state index contributed by atoms with van der Waals surface area (Å²) in [5.74, 6) is -0.0113. The number of hydrogen-bond acceptors (Lipinski definition) is 4. The Morgan fingerprint density at radius 1 is 0.875 bits per heavy atom. The zero-order valence-electron chi connectivity index (χ0n) is 23.2. The van der Waals surface area contributed by atoms with Gasteiger partial charge in [-0.05, 0) is 48.3 Å². The molecule has 0 saturated carbocycles. The Morgan fingerprint density at radius 2 is 1.45 bits per heavy atom. The van der Waals surface area contributed by atoms with E-state index in [9.17, 15) is 14.4 Å². The van der Waals surface area contributed by atoms with Gasteiger partial charge in [-0.1, -0.05) is 91.0 Å². The van der Waals surface area contributed by atoms with Gasteiger partial charge in [0.05, 0.1) is 12.1 Å². The summed E-state index contributed by atoms with van der Waals surface area (Å²) in [7, 11) is 1.76. The van der Waals surface area contributed by atoms with Gasteiger partial charge < -0.3 is 14.5 Å². The molecule has 2 heterocycles. The monoisotopic (exact) mass is 539 g/mol. The molecule has 3 aromatic carbocycles. The molecule has 1 unspecified atom stereocenters. The van der Waals surface area contributed by atoms with Crippen molar-refractivity contribution in [3.63, 3.8) is 0 Å². The summed E-state index contributed by atoms with van der Waals surface area (Å²) >= 11 is 0. The van der Waals surface area contributed by atoms with Crippen molar-refractivity contribution in [1.29, 1.82) is 0 Å². The minimum Gasteiger partial charge on any atom is -0.445 e. The second-order valence-corrected chi connectivity index (χ2v) is 10.8. The minimum atomic E-state index is -0.330. The van der Waals surface area contributed by atoms with E-state index in [-0.39, 0.29) is 55.0 Å². The van der Waals surface area contributed by atoms with Crippen molar-refractivity contribution in [1.82, 2.24) is 14.7 Å². The SMILES string of the molecule is C[C@H]1C(c2ccccc2)N(C(=O)C[C@@H](c2ccccc2)C2CCN(C(=O)OCc3ccccc3)CC2)C(=O)N1C. The Balaban J connectivity index is 1.29. The summed E-state index contributed by atoms with van der Waals surface area (Å²) in [5.41, 5.74) is 3.00. The fourth-order valence-electron chi connectivity index (χ4n) is 6.07. The third-order valence-corrected chi connectivity index (χ3v) is 8.46. The average molecular weight is 540 g/mol. The van der Waals surface area contributed by atoms with Crippen molar-refractivity contribution < 1.29 is 19.1 Å². The van der Waals surface area contributed by atoms with Crippen molar-refractivity contribution in [3.8, 4) is 0 Å². The first-order valence-electron chi connectivity index (χ1n) is 14.1. The standard InChI is InChI=1S/C33H37N3O4/c1-24-31(28-16-10-5-11-17-28)36(32(38)34(24)2)30(37)22-29(26-14-8-4-9-15-26)27-18-20-35(21-19-27)33(39)40-23-25-12-6-3-7-13-25/h3-17,24,27,29,31H,18-23H2,1-2H3/t24-,29-,31?/m0/s1. The maximum Gasteiger partial charge on any atom is 0.410 e. The third-order valence-electron chi connectivity index (χ3n) is 8.46. The molecule has 0 N–H and O–H groups in total. The lowest BCUT2D eigenvalue weighted by atomic mass is 9.78. The van der Waals surface area contributed by atoms with Gasteiger partial charge in [-0.15, -0.1) is 0 Å². The third kappa shape index (κ3) is 5.88. The van der Waals surface area contributed by atoms with E-state index in [0.717, 1.165) is 29.5 Å². The Bertz CT molecular complexity index is 1290. The topological polar surface area (TPSA) is 70.2 Å². The number of hydrogen-bond donors (Lipinski definition) is 0. The molecular weight excluding hydrogens is 502 g/mol. The van der Waals surface area contributed by atoms with Crippen LogP contribution in [0.25, 0.3) is 0 Å². The van der Waals surface area contributed by atoms with Crippen LogP contribution in [0.1, 0.15) is 54.8 Å². The van der Waals surface area contributed by atoms with Crippen LogP contribution in [0.2, 0.25) is 0 Å².